The molecule has 2 atom stereocenters. The number of aryl methyl sites for hydroxylation is 1. The van der Waals surface area contributed by atoms with Crippen molar-refractivity contribution in [1.29, 1.82) is 0 Å². The lowest BCUT2D eigenvalue weighted by atomic mass is 10.0. The molecule has 0 bridgehead atoms. The third-order valence-electron chi connectivity index (χ3n) is 4.13. The zero-order valence-corrected chi connectivity index (χ0v) is 15.5. The van der Waals surface area contributed by atoms with Crippen LogP contribution in [0.2, 0.25) is 5.02 Å². The third-order valence-corrected chi connectivity index (χ3v) is 5.59. The van der Waals surface area contributed by atoms with E-state index in [1.54, 1.807) is 0 Å². The van der Waals surface area contributed by atoms with E-state index < -0.39 is 5.25 Å². The van der Waals surface area contributed by atoms with E-state index in [1.165, 1.54) is 11.8 Å². The molecule has 0 unspecified atom stereocenters. The second-order valence-electron chi connectivity index (χ2n) is 5.92. The molecule has 2 heterocycles. The van der Waals surface area contributed by atoms with Gasteiger partial charge in [-0.25, -0.2) is 4.68 Å². The Labute approximate surface area is 159 Å². The molecular formula is C18H16ClN5OS. The van der Waals surface area contributed by atoms with Gasteiger partial charge in [-0.2, -0.15) is 0 Å². The Bertz CT molecular complexity index is 929. The SMILES string of the molecule is Cc1nnc2n1N[C@H](c1ccc(Cl)cc1)[C@H](C(=O)Nc1ccccc1)S2. The van der Waals surface area contributed by atoms with E-state index in [-0.39, 0.29) is 11.9 Å². The Balaban J connectivity index is 1.67. The molecule has 2 N–H and O–H groups in total. The van der Waals surface area contributed by atoms with Crippen molar-refractivity contribution in [2.75, 3.05) is 10.7 Å². The summed E-state index contributed by atoms with van der Waals surface area (Å²) in [6.07, 6.45) is 0. The van der Waals surface area contributed by atoms with Crippen molar-refractivity contribution < 1.29 is 4.79 Å². The summed E-state index contributed by atoms with van der Waals surface area (Å²) in [6, 6.07) is 16.7. The number of carbonyl (C=O) groups excluding carboxylic acids is 1. The van der Waals surface area contributed by atoms with Crippen molar-refractivity contribution in [3.05, 3.63) is 71.0 Å². The molecule has 1 amide bonds. The Morgan fingerprint density at radius 2 is 1.88 bits per heavy atom. The number of benzene rings is 2. The van der Waals surface area contributed by atoms with Gasteiger partial charge in [0.1, 0.15) is 11.1 Å². The highest BCUT2D eigenvalue weighted by Gasteiger charge is 2.37. The quantitative estimate of drug-likeness (QED) is 0.720. The van der Waals surface area contributed by atoms with Crippen molar-refractivity contribution in [3.63, 3.8) is 0 Å². The van der Waals surface area contributed by atoms with E-state index in [0.717, 1.165) is 17.1 Å². The molecule has 0 aliphatic carbocycles. The number of fused-ring (bicyclic) bond motifs is 1. The first-order valence-electron chi connectivity index (χ1n) is 8.08. The van der Waals surface area contributed by atoms with Gasteiger partial charge in [0, 0.05) is 10.7 Å². The predicted octanol–water partition coefficient (Wildman–Crippen LogP) is 3.64. The molecule has 0 fully saturated rings. The van der Waals surface area contributed by atoms with Crippen LogP contribution in [-0.2, 0) is 4.79 Å². The number of amides is 1. The molecule has 132 valence electrons. The van der Waals surface area contributed by atoms with E-state index in [0.29, 0.717) is 10.2 Å². The van der Waals surface area contributed by atoms with E-state index in [1.807, 2.05) is 66.2 Å². The Morgan fingerprint density at radius 3 is 2.62 bits per heavy atom. The number of rotatable bonds is 3. The molecule has 0 saturated heterocycles. The molecule has 4 rings (SSSR count). The number of halogens is 1. The van der Waals surface area contributed by atoms with E-state index in [2.05, 4.69) is 20.9 Å². The van der Waals surface area contributed by atoms with Crippen LogP contribution in [0.15, 0.2) is 59.8 Å². The molecule has 1 aliphatic heterocycles. The number of nitrogens with zero attached hydrogens (tertiary/aromatic N) is 3. The monoisotopic (exact) mass is 385 g/mol. The summed E-state index contributed by atoms with van der Waals surface area (Å²) >= 11 is 7.41. The van der Waals surface area contributed by atoms with Crippen LogP contribution in [0.5, 0.6) is 0 Å². The van der Waals surface area contributed by atoms with E-state index in [4.69, 9.17) is 11.6 Å². The standard InChI is InChI=1S/C18H16ClN5OS/c1-11-21-22-18-24(11)23-15(12-7-9-13(19)10-8-12)16(26-18)17(25)20-14-5-3-2-4-6-14/h2-10,15-16,23H,1H3,(H,20,25)/t15-,16-/m1/s1. The molecule has 2 aromatic carbocycles. The number of anilines is 1. The summed E-state index contributed by atoms with van der Waals surface area (Å²) < 4.78 is 1.82. The molecule has 0 saturated carbocycles. The van der Waals surface area contributed by atoms with Crippen LogP contribution in [0.25, 0.3) is 0 Å². The number of aromatic nitrogens is 3. The van der Waals surface area contributed by atoms with Gasteiger partial charge in [0.05, 0.1) is 6.04 Å². The van der Waals surface area contributed by atoms with Crippen LogP contribution in [0.4, 0.5) is 5.69 Å². The summed E-state index contributed by atoms with van der Waals surface area (Å²) in [7, 11) is 0. The molecule has 0 radical (unpaired) electrons. The van der Waals surface area contributed by atoms with Gasteiger partial charge >= 0.3 is 0 Å². The van der Waals surface area contributed by atoms with Gasteiger partial charge in [-0.15, -0.1) is 10.2 Å². The second kappa shape index (κ2) is 7.01. The van der Waals surface area contributed by atoms with Crippen LogP contribution in [0, 0.1) is 6.92 Å². The minimum absolute atomic E-state index is 0.0967. The minimum Gasteiger partial charge on any atom is -0.325 e. The van der Waals surface area contributed by atoms with Gasteiger partial charge in [0.15, 0.2) is 0 Å². The molecule has 6 nitrogen and oxygen atoms in total. The van der Waals surface area contributed by atoms with Crippen molar-refractivity contribution >= 4 is 35.0 Å². The lowest BCUT2D eigenvalue weighted by Crippen LogP contribution is -2.41. The number of carbonyl (C=O) groups is 1. The Morgan fingerprint density at radius 1 is 1.15 bits per heavy atom. The first-order valence-corrected chi connectivity index (χ1v) is 9.34. The molecule has 0 spiro atoms. The molecule has 26 heavy (non-hydrogen) atoms. The van der Waals surface area contributed by atoms with Crippen LogP contribution < -0.4 is 10.7 Å². The second-order valence-corrected chi connectivity index (χ2v) is 7.46. The highest BCUT2D eigenvalue weighted by atomic mass is 35.5. The lowest BCUT2D eigenvalue weighted by Gasteiger charge is -2.32. The summed E-state index contributed by atoms with van der Waals surface area (Å²) in [5.41, 5.74) is 5.09. The highest BCUT2D eigenvalue weighted by molar-refractivity contribution is 8.00. The first-order chi connectivity index (χ1) is 12.6. The average Bonchev–Trinajstić information content (AvgIpc) is 3.02. The molecule has 1 aliphatic rings. The number of para-hydroxylation sites is 1. The van der Waals surface area contributed by atoms with E-state index in [9.17, 15) is 4.79 Å². The Hall–Kier alpha value is -2.51. The molecule has 8 heteroatoms. The van der Waals surface area contributed by atoms with Gasteiger partial charge in [-0.05, 0) is 36.8 Å². The number of hydrogen-bond donors (Lipinski definition) is 2. The summed E-state index contributed by atoms with van der Waals surface area (Å²) in [5, 5.41) is 12.1. The van der Waals surface area contributed by atoms with Gasteiger partial charge < -0.3 is 10.7 Å². The molecular weight excluding hydrogens is 370 g/mol. The van der Waals surface area contributed by atoms with Crippen molar-refractivity contribution in [2.24, 2.45) is 0 Å². The Kier molecular flexibility index (Phi) is 4.57. The first kappa shape index (κ1) is 16.9. The van der Waals surface area contributed by atoms with Crippen LogP contribution in [0.3, 0.4) is 0 Å². The zero-order valence-electron chi connectivity index (χ0n) is 13.9. The summed E-state index contributed by atoms with van der Waals surface area (Å²) in [6.45, 7) is 1.87. The molecule has 1 aromatic heterocycles. The lowest BCUT2D eigenvalue weighted by molar-refractivity contribution is -0.116. The number of nitrogens with one attached hydrogen (secondary N) is 2. The largest absolute Gasteiger partial charge is 0.325 e. The van der Waals surface area contributed by atoms with Crippen LogP contribution in [-0.4, -0.2) is 26.0 Å². The van der Waals surface area contributed by atoms with Crippen molar-refractivity contribution in [2.45, 2.75) is 23.4 Å². The van der Waals surface area contributed by atoms with Gasteiger partial charge in [-0.3, -0.25) is 4.79 Å². The maximum atomic E-state index is 13.0. The van der Waals surface area contributed by atoms with Crippen molar-refractivity contribution in [1.82, 2.24) is 14.9 Å². The van der Waals surface area contributed by atoms with Gasteiger partial charge in [0.25, 0.3) is 0 Å². The topological polar surface area (TPSA) is 71.8 Å². The number of thioether (sulfide) groups is 1. The van der Waals surface area contributed by atoms with Crippen LogP contribution in [0.1, 0.15) is 17.4 Å². The average molecular weight is 386 g/mol. The fourth-order valence-corrected chi connectivity index (χ4v) is 4.07. The maximum absolute atomic E-state index is 13.0. The third kappa shape index (κ3) is 3.27. The van der Waals surface area contributed by atoms with Gasteiger partial charge in [-0.1, -0.05) is 53.7 Å². The van der Waals surface area contributed by atoms with Gasteiger partial charge in [0.2, 0.25) is 11.1 Å². The smallest absolute Gasteiger partial charge is 0.240 e. The highest BCUT2D eigenvalue weighted by Crippen LogP contribution is 2.37. The molecule has 3 aromatic rings. The number of hydrogen-bond acceptors (Lipinski definition) is 5. The van der Waals surface area contributed by atoms with Crippen LogP contribution >= 0.6 is 23.4 Å². The van der Waals surface area contributed by atoms with Crippen molar-refractivity contribution in [3.8, 4) is 0 Å². The summed E-state index contributed by atoms with van der Waals surface area (Å²) in [5.74, 6) is 0.647. The van der Waals surface area contributed by atoms with E-state index >= 15 is 0 Å². The predicted molar refractivity (Wildman–Crippen MR) is 103 cm³/mol. The minimum atomic E-state index is -0.410. The summed E-state index contributed by atoms with van der Waals surface area (Å²) in [4.78, 5) is 13.0. The zero-order chi connectivity index (χ0) is 18.1. The maximum Gasteiger partial charge on any atom is 0.240 e. The fourth-order valence-electron chi connectivity index (χ4n) is 2.82. The fraction of sp³-hybridized carbons (Fsp3) is 0.167. The normalized spacial score (nSPS) is 18.7.